The summed E-state index contributed by atoms with van der Waals surface area (Å²) in [4.78, 5) is 12.1. The minimum Gasteiger partial charge on any atom is -0.461 e. The van der Waals surface area contributed by atoms with Crippen molar-refractivity contribution in [3.8, 4) is 0 Å². The molecule has 0 fully saturated rings. The van der Waals surface area contributed by atoms with Gasteiger partial charge in [-0.05, 0) is 43.4 Å². The van der Waals surface area contributed by atoms with E-state index in [1.165, 1.54) is 17.6 Å². The highest BCUT2D eigenvalue weighted by Gasteiger charge is 2.27. The fraction of sp³-hybridized carbons (Fsp3) is 0.348. The summed E-state index contributed by atoms with van der Waals surface area (Å²) in [5.74, 6) is 0.363. The number of sulfonamides is 1. The monoisotopic (exact) mass is 490 g/mol. The molecular weight excluding hydrogens is 464 g/mol. The number of amides is 1. The highest BCUT2D eigenvalue weighted by atomic mass is 32.2. The maximum absolute atomic E-state index is 13.0. The van der Waals surface area contributed by atoms with Gasteiger partial charge in [0.15, 0.2) is 0 Å². The summed E-state index contributed by atoms with van der Waals surface area (Å²) < 4.78 is 46.6. The number of carbonyl (C=O) groups is 1. The van der Waals surface area contributed by atoms with Gasteiger partial charge in [0.05, 0.1) is 4.90 Å². The van der Waals surface area contributed by atoms with Crippen LogP contribution in [0.5, 0.6) is 0 Å². The zero-order valence-electron chi connectivity index (χ0n) is 18.0. The van der Waals surface area contributed by atoms with Gasteiger partial charge >= 0.3 is 0 Å². The first kappa shape index (κ1) is 23.6. The molecule has 3 N–H and O–H groups in total. The fourth-order valence-electron chi connectivity index (χ4n) is 4.07. The van der Waals surface area contributed by atoms with Crippen LogP contribution in [0.1, 0.15) is 36.1 Å². The molecule has 0 radical (unpaired) electrons. The van der Waals surface area contributed by atoms with Gasteiger partial charge < -0.3 is 4.42 Å². The lowest BCUT2D eigenvalue weighted by atomic mass is 9.96. The Balaban J connectivity index is 1.48. The van der Waals surface area contributed by atoms with E-state index >= 15 is 0 Å². The highest BCUT2D eigenvalue weighted by molar-refractivity contribution is 7.89. The molecule has 1 unspecified atom stereocenters. The predicted octanol–water partition coefficient (Wildman–Crippen LogP) is 2.80. The van der Waals surface area contributed by atoms with Crippen molar-refractivity contribution < 1.29 is 27.0 Å². The van der Waals surface area contributed by atoms with Gasteiger partial charge in [0, 0.05) is 45.7 Å². The number of hydrogen-bond acceptors (Lipinski definition) is 6. The van der Waals surface area contributed by atoms with Crippen molar-refractivity contribution in [2.75, 3.05) is 5.75 Å². The van der Waals surface area contributed by atoms with Gasteiger partial charge in [-0.25, -0.2) is 13.9 Å². The van der Waals surface area contributed by atoms with E-state index in [1.54, 1.807) is 6.07 Å². The molecule has 1 aliphatic carbocycles. The minimum absolute atomic E-state index is 0.0393. The number of furan rings is 1. The van der Waals surface area contributed by atoms with E-state index in [9.17, 15) is 17.4 Å². The maximum atomic E-state index is 13.0. The summed E-state index contributed by atoms with van der Waals surface area (Å²) in [6, 6.07) is 12.6. The van der Waals surface area contributed by atoms with Crippen LogP contribution in [0.4, 0.5) is 0 Å². The first-order valence-electron chi connectivity index (χ1n) is 10.8. The van der Waals surface area contributed by atoms with E-state index in [2.05, 4.69) is 4.72 Å². The molecule has 1 heterocycles. The van der Waals surface area contributed by atoms with Crippen LogP contribution in [-0.4, -0.2) is 35.5 Å². The summed E-state index contributed by atoms with van der Waals surface area (Å²) in [7, 11) is -5.40. The number of benzene rings is 2. The molecule has 3 aromatic rings. The first-order valence-corrected chi connectivity index (χ1v) is 13.7. The Bertz CT molecular complexity index is 1270. The second-order valence-corrected chi connectivity index (χ2v) is 11.4. The summed E-state index contributed by atoms with van der Waals surface area (Å²) in [6.45, 7) is 0. The molecule has 2 atom stereocenters. The Labute approximate surface area is 194 Å². The summed E-state index contributed by atoms with van der Waals surface area (Å²) in [6.07, 6.45) is 3.83. The quantitative estimate of drug-likeness (QED) is 0.313. The van der Waals surface area contributed by atoms with Crippen molar-refractivity contribution in [2.24, 2.45) is 0 Å². The van der Waals surface area contributed by atoms with E-state index in [0.717, 1.165) is 48.0 Å². The van der Waals surface area contributed by atoms with Crippen LogP contribution in [0.15, 0.2) is 57.8 Å². The van der Waals surface area contributed by atoms with Crippen LogP contribution in [0.25, 0.3) is 11.0 Å². The van der Waals surface area contributed by atoms with Gasteiger partial charge in [0.2, 0.25) is 10.0 Å². The summed E-state index contributed by atoms with van der Waals surface area (Å²) >= 11 is 0. The summed E-state index contributed by atoms with van der Waals surface area (Å²) in [5.41, 5.74) is 4.00. The van der Waals surface area contributed by atoms with Crippen LogP contribution in [0.3, 0.4) is 0 Å². The number of hydrogen-bond donors (Lipinski definition) is 3. The van der Waals surface area contributed by atoms with Gasteiger partial charge in [-0.1, -0.05) is 30.3 Å². The Hall–Kier alpha value is -2.53. The molecule has 1 aromatic heterocycles. The van der Waals surface area contributed by atoms with Crippen LogP contribution in [0, 0.1) is 0 Å². The molecule has 1 aliphatic rings. The Morgan fingerprint density at radius 1 is 1.12 bits per heavy atom. The van der Waals surface area contributed by atoms with Crippen molar-refractivity contribution in [1.29, 1.82) is 0 Å². The number of carbonyl (C=O) groups excluding carboxylic acids is 1. The zero-order chi connectivity index (χ0) is 23.4. The Kier molecular flexibility index (Phi) is 7.28. The van der Waals surface area contributed by atoms with Crippen LogP contribution in [-0.2, 0) is 44.2 Å². The van der Waals surface area contributed by atoms with Crippen LogP contribution in [0.2, 0.25) is 0 Å². The number of hydroxylamine groups is 1. The third-order valence-electron chi connectivity index (χ3n) is 5.77. The lowest BCUT2D eigenvalue weighted by molar-refractivity contribution is -0.130. The molecule has 2 aromatic carbocycles. The molecule has 0 aliphatic heterocycles. The average Bonchev–Trinajstić information content (AvgIpc) is 3.20. The second-order valence-electron chi connectivity index (χ2n) is 8.08. The van der Waals surface area contributed by atoms with E-state index < -0.39 is 32.8 Å². The van der Waals surface area contributed by atoms with Gasteiger partial charge in [-0.3, -0.25) is 14.2 Å². The molecule has 4 rings (SSSR count). The second kappa shape index (κ2) is 10.2. The first-order chi connectivity index (χ1) is 15.9. The van der Waals surface area contributed by atoms with Crippen molar-refractivity contribution >= 4 is 37.7 Å². The molecule has 0 saturated heterocycles. The number of nitrogens with one attached hydrogen (secondary N) is 2. The van der Waals surface area contributed by atoms with E-state index in [4.69, 9.17) is 9.62 Å². The SMILES string of the molecule is O=C(NO)C(CC[S@@](=O)Cc1ccccc1)NS(=O)(=O)c1ccc2c3c(oc2c1)CCCC3. The van der Waals surface area contributed by atoms with Gasteiger partial charge in [-0.2, -0.15) is 4.72 Å². The Morgan fingerprint density at radius 2 is 1.88 bits per heavy atom. The maximum Gasteiger partial charge on any atom is 0.261 e. The normalized spacial score (nSPS) is 15.7. The third-order valence-corrected chi connectivity index (χ3v) is 8.58. The lowest BCUT2D eigenvalue weighted by Crippen LogP contribution is -2.46. The van der Waals surface area contributed by atoms with Crippen molar-refractivity contribution in [1.82, 2.24) is 10.2 Å². The zero-order valence-corrected chi connectivity index (χ0v) is 19.6. The lowest BCUT2D eigenvalue weighted by Gasteiger charge is -2.17. The molecule has 10 heteroatoms. The molecule has 0 bridgehead atoms. The largest absolute Gasteiger partial charge is 0.461 e. The molecule has 0 spiro atoms. The number of aryl methyl sites for hydroxylation is 2. The minimum atomic E-state index is -4.10. The number of rotatable bonds is 9. The van der Waals surface area contributed by atoms with Crippen molar-refractivity contribution in [2.45, 2.75) is 48.8 Å². The molecule has 176 valence electrons. The third kappa shape index (κ3) is 5.52. The molecule has 0 saturated carbocycles. The standard InChI is InChI=1S/C23H26N2O6S2/c26-23(24-27)20(12-13-32(28)15-16-6-2-1-3-7-16)25-33(29,30)17-10-11-19-18-8-4-5-9-21(18)31-22(19)14-17/h1-3,6-7,10-11,14,20,25,27H,4-5,8-9,12-13,15H2,(H,24,26)/t20?,32-/m1/s1. The van der Waals surface area contributed by atoms with Gasteiger partial charge in [0.1, 0.15) is 17.4 Å². The van der Waals surface area contributed by atoms with E-state index in [-0.39, 0.29) is 17.1 Å². The van der Waals surface area contributed by atoms with E-state index in [1.807, 2.05) is 30.3 Å². The predicted molar refractivity (Wildman–Crippen MR) is 125 cm³/mol. The van der Waals surface area contributed by atoms with Crippen LogP contribution >= 0.6 is 0 Å². The van der Waals surface area contributed by atoms with Crippen molar-refractivity contribution in [3.05, 3.63) is 65.4 Å². The molecule has 8 nitrogen and oxygen atoms in total. The highest BCUT2D eigenvalue weighted by Crippen LogP contribution is 2.33. The average molecular weight is 491 g/mol. The summed E-state index contributed by atoms with van der Waals surface area (Å²) in [5, 5.41) is 9.99. The van der Waals surface area contributed by atoms with Gasteiger partial charge in [-0.15, -0.1) is 0 Å². The fourth-order valence-corrected chi connectivity index (χ4v) is 6.52. The molecule has 1 amide bonds. The van der Waals surface area contributed by atoms with Gasteiger partial charge in [0.25, 0.3) is 5.91 Å². The van der Waals surface area contributed by atoms with Crippen LogP contribution < -0.4 is 10.2 Å². The Morgan fingerprint density at radius 3 is 2.64 bits per heavy atom. The molecular formula is C23H26N2O6S2. The molecule has 33 heavy (non-hydrogen) atoms. The van der Waals surface area contributed by atoms with Crippen molar-refractivity contribution in [3.63, 3.8) is 0 Å². The number of fused-ring (bicyclic) bond motifs is 3. The van der Waals surface area contributed by atoms with E-state index in [0.29, 0.717) is 11.3 Å². The topological polar surface area (TPSA) is 126 Å². The smallest absolute Gasteiger partial charge is 0.261 e.